The van der Waals surface area contributed by atoms with Gasteiger partial charge in [-0.15, -0.1) is 0 Å². The van der Waals surface area contributed by atoms with E-state index in [1.807, 2.05) is 0 Å². The van der Waals surface area contributed by atoms with Crippen molar-refractivity contribution < 1.29 is 19.1 Å². The molecule has 0 aromatic carbocycles. The fourth-order valence-corrected chi connectivity index (χ4v) is 0.494. The third kappa shape index (κ3) is 3.44. The molecule has 11 heavy (non-hydrogen) atoms. The molecule has 5 heteroatoms. The van der Waals surface area contributed by atoms with E-state index in [4.69, 9.17) is 5.73 Å². The Hall–Kier alpha value is -1.26. The van der Waals surface area contributed by atoms with Crippen molar-refractivity contribution in [2.45, 2.75) is 26.1 Å². The molecule has 0 aliphatic carbocycles. The first-order valence-corrected chi connectivity index (χ1v) is 3.14. The van der Waals surface area contributed by atoms with Crippen molar-refractivity contribution in [3.05, 3.63) is 0 Å². The second-order valence-corrected chi connectivity index (χ2v) is 2.12. The highest BCUT2D eigenvalue weighted by atomic mass is 16.7. The van der Waals surface area contributed by atoms with Crippen molar-refractivity contribution in [1.29, 1.82) is 0 Å². The van der Waals surface area contributed by atoms with E-state index in [0.29, 0.717) is 6.42 Å². The first-order valence-electron chi connectivity index (χ1n) is 3.14. The average Bonchev–Trinajstić information content (AvgIpc) is 1.87. The molecule has 0 aliphatic heterocycles. The lowest BCUT2D eigenvalue weighted by molar-refractivity contribution is -0.187. The van der Waals surface area contributed by atoms with Gasteiger partial charge in [0.25, 0.3) is 12.3 Å². The number of ether oxygens (including phenoxy) is 2. The van der Waals surface area contributed by atoms with Crippen molar-refractivity contribution in [1.82, 2.24) is 0 Å². The average molecular weight is 161 g/mol. The standard InChI is InChI=1S/C6H11NO4/c1-3-6(2,10-4-8)11-5(7)9/h4H,3H2,1-2H3,(H2,7,9). The maximum atomic E-state index is 10.3. The van der Waals surface area contributed by atoms with Crippen LogP contribution in [0.4, 0.5) is 4.79 Å². The molecule has 1 unspecified atom stereocenters. The summed E-state index contributed by atoms with van der Waals surface area (Å²) in [7, 11) is 0. The van der Waals surface area contributed by atoms with Crippen LogP contribution in [0.15, 0.2) is 0 Å². The van der Waals surface area contributed by atoms with Gasteiger partial charge in [0.05, 0.1) is 0 Å². The van der Waals surface area contributed by atoms with Crippen LogP contribution in [0.1, 0.15) is 20.3 Å². The maximum Gasteiger partial charge on any atom is 0.407 e. The lowest BCUT2D eigenvalue weighted by atomic mass is 10.2. The fraction of sp³-hybridized carbons (Fsp3) is 0.667. The molecule has 0 rings (SSSR count). The van der Waals surface area contributed by atoms with Crippen LogP contribution in [0.5, 0.6) is 0 Å². The van der Waals surface area contributed by atoms with Crippen LogP contribution in [-0.2, 0) is 14.3 Å². The number of rotatable bonds is 4. The highest BCUT2D eigenvalue weighted by molar-refractivity contribution is 5.65. The van der Waals surface area contributed by atoms with E-state index in [-0.39, 0.29) is 6.47 Å². The van der Waals surface area contributed by atoms with E-state index in [1.54, 1.807) is 6.92 Å². The zero-order valence-corrected chi connectivity index (χ0v) is 6.49. The Bertz CT molecular complexity index is 159. The molecule has 2 N–H and O–H groups in total. The van der Waals surface area contributed by atoms with Gasteiger partial charge in [-0.25, -0.2) is 4.79 Å². The summed E-state index contributed by atoms with van der Waals surface area (Å²) >= 11 is 0. The summed E-state index contributed by atoms with van der Waals surface area (Å²) in [5, 5.41) is 0. The maximum absolute atomic E-state index is 10.3. The number of nitrogens with two attached hydrogens (primary N) is 1. The van der Waals surface area contributed by atoms with E-state index in [0.717, 1.165) is 0 Å². The summed E-state index contributed by atoms with van der Waals surface area (Å²) in [5.74, 6) is -1.23. The molecule has 1 atom stereocenters. The lowest BCUT2D eigenvalue weighted by Gasteiger charge is -2.24. The van der Waals surface area contributed by atoms with Crippen LogP contribution >= 0.6 is 0 Å². The highest BCUT2D eigenvalue weighted by Gasteiger charge is 2.26. The van der Waals surface area contributed by atoms with Crippen LogP contribution in [0.25, 0.3) is 0 Å². The second kappa shape index (κ2) is 3.80. The Morgan fingerprint density at radius 1 is 1.73 bits per heavy atom. The molecule has 0 spiro atoms. The topological polar surface area (TPSA) is 78.6 Å². The highest BCUT2D eigenvalue weighted by Crippen LogP contribution is 2.14. The first kappa shape index (κ1) is 9.74. The predicted octanol–water partition coefficient (Wildman–Crippen LogP) is 0.381. The lowest BCUT2D eigenvalue weighted by Crippen LogP contribution is -2.36. The molecule has 1 amide bonds. The summed E-state index contributed by atoms with van der Waals surface area (Å²) in [6.07, 6.45) is -0.606. The molecule has 0 heterocycles. The number of hydrogen-bond acceptors (Lipinski definition) is 4. The van der Waals surface area contributed by atoms with Gasteiger partial charge < -0.3 is 15.2 Å². The van der Waals surface area contributed by atoms with E-state index in [2.05, 4.69) is 9.47 Å². The van der Waals surface area contributed by atoms with Crippen molar-refractivity contribution >= 4 is 12.6 Å². The minimum absolute atomic E-state index is 0.215. The molecule has 0 aliphatic rings. The van der Waals surface area contributed by atoms with Gasteiger partial charge in [0.2, 0.25) is 0 Å². The minimum atomic E-state index is -1.23. The van der Waals surface area contributed by atoms with Crippen molar-refractivity contribution in [3.63, 3.8) is 0 Å². The molecule has 0 radical (unpaired) electrons. The largest absolute Gasteiger partial charge is 0.425 e. The van der Waals surface area contributed by atoms with Crippen LogP contribution in [0.2, 0.25) is 0 Å². The zero-order chi connectivity index (χ0) is 8.91. The van der Waals surface area contributed by atoms with E-state index < -0.39 is 11.9 Å². The number of hydrogen-bond donors (Lipinski definition) is 1. The number of primary amides is 1. The van der Waals surface area contributed by atoms with Crippen molar-refractivity contribution in [2.24, 2.45) is 5.73 Å². The van der Waals surface area contributed by atoms with Crippen LogP contribution in [0, 0.1) is 0 Å². The molecule has 0 fully saturated rings. The van der Waals surface area contributed by atoms with Gasteiger partial charge in [-0.3, -0.25) is 4.79 Å². The molecule has 0 saturated heterocycles. The molecule has 64 valence electrons. The summed E-state index contributed by atoms with van der Waals surface area (Å²) in [6.45, 7) is 3.37. The van der Waals surface area contributed by atoms with E-state index in [1.165, 1.54) is 6.92 Å². The van der Waals surface area contributed by atoms with Gasteiger partial charge in [0.15, 0.2) is 0 Å². The van der Waals surface area contributed by atoms with Gasteiger partial charge in [-0.2, -0.15) is 0 Å². The van der Waals surface area contributed by atoms with Gasteiger partial charge in [-0.05, 0) is 0 Å². The third-order valence-electron chi connectivity index (χ3n) is 1.26. The van der Waals surface area contributed by atoms with E-state index >= 15 is 0 Å². The molecular weight excluding hydrogens is 150 g/mol. The zero-order valence-electron chi connectivity index (χ0n) is 6.49. The number of amides is 1. The van der Waals surface area contributed by atoms with Gasteiger partial charge in [0, 0.05) is 13.3 Å². The molecule has 0 aromatic rings. The Labute approximate surface area is 64.5 Å². The predicted molar refractivity (Wildman–Crippen MR) is 36.5 cm³/mol. The van der Waals surface area contributed by atoms with Gasteiger partial charge >= 0.3 is 6.09 Å². The molecule has 0 saturated carbocycles. The Balaban J connectivity index is 4.08. The van der Waals surface area contributed by atoms with Gasteiger partial charge in [-0.1, -0.05) is 6.92 Å². The Morgan fingerprint density at radius 2 is 2.27 bits per heavy atom. The summed E-state index contributed by atoms with van der Waals surface area (Å²) in [4.78, 5) is 20.2. The van der Waals surface area contributed by atoms with Crippen LogP contribution < -0.4 is 5.73 Å². The van der Waals surface area contributed by atoms with Gasteiger partial charge in [0.1, 0.15) is 0 Å². The van der Waals surface area contributed by atoms with Crippen molar-refractivity contribution in [2.75, 3.05) is 0 Å². The molecule has 0 aromatic heterocycles. The first-order chi connectivity index (χ1) is 5.04. The Kier molecular flexibility index (Phi) is 3.36. The molecule has 5 nitrogen and oxygen atoms in total. The summed E-state index contributed by atoms with van der Waals surface area (Å²) in [5.41, 5.74) is 4.73. The van der Waals surface area contributed by atoms with Crippen LogP contribution in [-0.4, -0.2) is 18.4 Å². The number of carbonyl (C=O) groups is 2. The van der Waals surface area contributed by atoms with Crippen LogP contribution in [0.3, 0.4) is 0 Å². The van der Waals surface area contributed by atoms with Crippen molar-refractivity contribution in [3.8, 4) is 0 Å². The monoisotopic (exact) mass is 161 g/mol. The number of carbonyl (C=O) groups excluding carboxylic acids is 2. The molecule has 0 bridgehead atoms. The normalized spacial score (nSPS) is 14.7. The summed E-state index contributed by atoms with van der Waals surface area (Å²) in [6, 6.07) is 0. The Morgan fingerprint density at radius 3 is 2.55 bits per heavy atom. The second-order valence-electron chi connectivity index (χ2n) is 2.12. The minimum Gasteiger partial charge on any atom is -0.425 e. The smallest absolute Gasteiger partial charge is 0.407 e. The molecular formula is C6H11NO4. The fourth-order valence-electron chi connectivity index (χ4n) is 0.494. The van der Waals surface area contributed by atoms with E-state index in [9.17, 15) is 9.59 Å². The quantitative estimate of drug-likeness (QED) is 0.477. The summed E-state index contributed by atoms with van der Waals surface area (Å²) < 4.78 is 9.00. The third-order valence-corrected chi connectivity index (χ3v) is 1.26. The SMILES string of the molecule is CCC(C)(OC=O)OC(N)=O.